The molecule has 2 N–H and O–H groups in total. The molecule has 1 aliphatic rings. The maximum Gasteiger partial charge on any atom is 0.276 e. The van der Waals surface area contributed by atoms with Gasteiger partial charge in [0, 0.05) is 20.2 Å². The first kappa shape index (κ1) is 14.5. The summed E-state index contributed by atoms with van der Waals surface area (Å²) in [7, 11) is 1.69. The largest absolute Gasteiger partial charge is 0.378 e. The zero-order chi connectivity index (χ0) is 14.4. The first-order valence-electron chi connectivity index (χ1n) is 6.89. The summed E-state index contributed by atoms with van der Waals surface area (Å²) in [5.74, 6) is 0.995. The molecule has 0 bridgehead atoms. The van der Waals surface area contributed by atoms with Crippen molar-refractivity contribution in [3.05, 3.63) is 22.2 Å². The van der Waals surface area contributed by atoms with Crippen LogP contribution in [-0.4, -0.2) is 36.2 Å². The number of hydrogen-bond donors (Lipinski definition) is 2. The van der Waals surface area contributed by atoms with Crippen LogP contribution in [-0.2, 0) is 4.74 Å². The van der Waals surface area contributed by atoms with Crippen LogP contribution < -0.4 is 10.6 Å². The Morgan fingerprint density at radius 1 is 1.45 bits per heavy atom. The highest BCUT2D eigenvalue weighted by atomic mass is 16.6. The summed E-state index contributed by atoms with van der Waals surface area (Å²) in [5.41, 5.74) is 0.0285. The molecule has 1 aromatic heterocycles. The average Bonchev–Trinajstić information content (AvgIpc) is 2.48. The van der Waals surface area contributed by atoms with E-state index in [0.717, 1.165) is 25.9 Å². The first-order valence-corrected chi connectivity index (χ1v) is 6.89. The fourth-order valence-corrected chi connectivity index (χ4v) is 2.24. The predicted molar refractivity (Wildman–Crippen MR) is 77.1 cm³/mol. The number of pyridine rings is 1. The minimum absolute atomic E-state index is 0.0285. The molecule has 7 nitrogen and oxygen atoms in total. The lowest BCUT2D eigenvalue weighted by Crippen LogP contribution is -2.22. The summed E-state index contributed by atoms with van der Waals surface area (Å²) in [6, 6.07) is 2.86. The van der Waals surface area contributed by atoms with Crippen LogP contribution in [0.15, 0.2) is 12.1 Å². The van der Waals surface area contributed by atoms with Gasteiger partial charge >= 0.3 is 0 Å². The highest BCUT2D eigenvalue weighted by molar-refractivity contribution is 5.54. The number of aromatic nitrogens is 1. The van der Waals surface area contributed by atoms with Crippen molar-refractivity contribution in [3.8, 4) is 0 Å². The zero-order valence-electron chi connectivity index (χ0n) is 11.6. The fraction of sp³-hybridized carbons (Fsp3) is 0.615. The second-order valence-corrected chi connectivity index (χ2v) is 4.81. The fourth-order valence-electron chi connectivity index (χ4n) is 2.24. The summed E-state index contributed by atoms with van der Waals surface area (Å²) in [6.07, 6.45) is 4.62. The van der Waals surface area contributed by atoms with Crippen LogP contribution in [0.25, 0.3) is 0 Å². The van der Waals surface area contributed by atoms with Crippen LogP contribution >= 0.6 is 0 Å². The molecule has 1 fully saturated rings. The third-order valence-corrected chi connectivity index (χ3v) is 3.32. The third kappa shape index (κ3) is 4.06. The SMILES string of the molecule is CNc1cc([N+](=O)[O-])cc(NCCC2CCCCO2)n1. The molecular weight excluding hydrogens is 260 g/mol. The number of rotatable bonds is 6. The summed E-state index contributed by atoms with van der Waals surface area (Å²) in [4.78, 5) is 14.7. The van der Waals surface area contributed by atoms with Gasteiger partial charge in [-0.3, -0.25) is 10.1 Å². The van der Waals surface area contributed by atoms with Gasteiger partial charge in [-0.25, -0.2) is 4.98 Å². The second-order valence-electron chi connectivity index (χ2n) is 4.81. The van der Waals surface area contributed by atoms with E-state index < -0.39 is 4.92 Å². The number of hydrogen-bond acceptors (Lipinski definition) is 6. The van der Waals surface area contributed by atoms with Crippen molar-refractivity contribution >= 4 is 17.3 Å². The van der Waals surface area contributed by atoms with E-state index in [1.54, 1.807) is 7.05 Å². The quantitative estimate of drug-likeness (QED) is 0.614. The van der Waals surface area contributed by atoms with Crippen LogP contribution in [0.1, 0.15) is 25.7 Å². The number of ether oxygens (including phenoxy) is 1. The molecule has 1 unspecified atom stereocenters. The molecule has 110 valence electrons. The second kappa shape index (κ2) is 7.04. The van der Waals surface area contributed by atoms with Gasteiger partial charge in [0.15, 0.2) is 0 Å². The molecule has 1 aliphatic heterocycles. The van der Waals surface area contributed by atoms with E-state index in [4.69, 9.17) is 4.74 Å². The number of anilines is 2. The maximum atomic E-state index is 10.8. The van der Waals surface area contributed by atoms with E-state index in [0.29, 0.717) is 24.3 Å². The number of nitrogens with one attached hydrogen (secondary N) is 2. The molecule has 0 aromatic carbocycles. The van der Waals surface area contributed by atoms with Crippen LogP contribution in [0.4, 0.5) is 17.3 Å². The zero-order valence-corrected chi connectivity index (χ0v) is 11.6. The lowest BCUT2D eigenvalue weighted by Gasteiger charge is -2.22. The maximum absolute atomic E-state index is 10.8. The van der Waals surface area contributed by atoms with Crippen molar-refractivity contribution in [1.29, 1.82) is 0 Å². The Hall–Kier alpha value is -1.89. The van der Waals surface area contributed by atoms with E-state index in [1.165, 1.54) is 18.6 Å². The Balaban J connectivity index is 1.91. The van der Waals surface area contributed by atoms with Crippen molar-refractivity contribution in [2.24, 2.45) is 0 Å². The Kier molecular flexibility index (Phi) is 5.11. The van der Waals surface area contributed by atoms with Crippen molar-refractivity contribution in [2.45, 2.75) is 31.8 Å². The summed E-state index contributed by atoms with van der Waals surface area (Å²) >= 11 is 0. The lowest BCUT2D eigenvalue weighted by molar-refractivity contribution is -0.384. The Labute approximate surface area is 117 Å². The summed E-state index contributed by atoms with van der Waals surface area (Å²) in [6.45, 7) is 1.53. The van der Waals surface area contributed by atoms with Gasteiger partial charge in [-0.15, -0.1) is 0 Å². The van der Waals surface area contributed by atoms with E-state index in [9.17, 15) is 10.1 Å². The Bertz CT molecular complexity index is 461. The smallest absolute Gasteiger partial charge is 0.276 e. The topological polar surface area (TPSA) is 89.3 Å². The standard InChI is InChI=1S/C13H20N4O3/c1-14-12-8-10(17(18)19)9-13(16-12)15-6-5-11-4-2-3-7-20-11/h8-9,11H,2-7H2,1H3,(H2,14,15,16). The normalized spacial score (nSPS) is 18.6. The van der Waals surface area contributed by atoms with Gasteiger partial charge < -0.3 is 15.4 Å². The van der Waals surface area contributed by atoms with Gasteiger partial charge in [0.2, 0.25) is 0 Å². The number of nitrogens with zero attached hydrogens (tertiary/aromatic N) is 2. The van der Waals surface area contributed by atoms with Gasteiger partial charge in [-0.05, 0) is 25.7 Å². The van der Waals surface area contributed by atoms with Gasteiger partial charge in [0.25, 0.3) is 5.69 Å². The van der Waals surface area contributed by atoms with Crippen LogP contribution in [0.5, 0.6) is 0 Å². The van der Waals surface area contributed by atoms with Gasteiger partial charge in [0.1, 0.15) is 11.6 Å². The van der Waals surface area contributed by atoms with E-state index in [1.807, 2.05) is 0 Å². The van der Waals surface area contributed by atoms with Crippen LogP contribution in [0, 0.1) is 10.1 Å². The van der Waals surface area contributed by atoms with Gasteiger partial charge in [-0.2, -0.15) is 0 Å². The molecule has 1 atom stereocenters. The molecule has 1 aromatic rings. The molecule has 2 heterocycles. The minimum atomic E-state index is -0.419. The lowest BCUT2D eigenvalue weighted by atomic mass is 10.1. The van der Waals surface area contributed by atoms with Gasteiger partial charge in [-0.1, -0.05) is 0 Å². The summed E-state index contributed by atoms with van der Waals surface area (Å²) in [5, 5.41) is 16.8. The molecular formula is C13H20N4O3. The third-order valence-electron chi connectivity index (χ3n) is 3.32. The summed E-state index contributed by atoms with van der Waals surface area (Å²) < 4.78 is 5.64. The molecule has 0 saturated carbocycles. The Morgan fingerprint density at radius 3 is 2.90 bits per heavy atom. The molecule has 0 spiro atoms. The minimum Gasteiger partial charge on any atom is -0.378 e. The van der Waals surface area contributed by atoms with Gasteiger partial charge in [0.05, 0.1) is 23.2 Å². The van der Waals surface area contributed by atoms with E-state index in [2.05, 4.69) is 15.6 Å². The highest BCUT2D eigenvalue weighted by Crippen LogP contribution is 2.21. The van der Waals surface area contributed by atoms with Crippen molar-refractivity contribution in [1.82, 2.24) is 4.98 Å². The predicted octanol–water partition coefficient (Wildman–Crippen LogP) is 2.40. The molecule has 20 heavy (non-hydrogen) atoms. The number of nitro groups is 1. The monoisotopic (exact) mass is 280 g/mol. The van der Waals surface area contributed by atoms with Crippen molar-refractivity contribution < 1.29 is 9.66 Å². The molecule has 2 rings (SSSR count). The highest BCUT2D eigenvalue weighted by Gasteiger charge is 2.14. The molecule has 0 aliphatic carbocycles. The van der Waals surface area contributed by atoms with Crippen molar-refractivity contribution in [2.75, 3.05) is 30.8 Å². The molecule has 0 amide bonds. The molecule has 1 saturated heterocycles. The van der Waals surface area contributed by atoms with Crippen molar-refractivity contribution in [3.63, 3.8) is 0 Å². The first-order chi connectivity index (χ1) is 9.69. The van der Waals surface area contributed by atoms with E-state index in [-0.39, 0.29) is 5.69 Å². The Morgan fingerprint density at radius 2 is 2.25 bits per heavy atom. The van der Waals surface area contributed by atoms with Crippen LogP contribution in [0.3, 0.4) is 0 Å². The molecule has 0 radical (unpaired) electrons. The average molecular weight is 280 g/mol. The molecule has 7 heteroatoms. The van der Waals surface area contributed by atoms with E-state index >= 15 is 0 Å². The van der Waals surface area contributed by atoms with Crippen LogP contribution in [0.2, 0.25) is 0 Å².